The van der Waals surface area contributed by atoms with Crippen molar-refractivity contribution in [3.05, 3.63) is 34.3 Å². The van der Waals surface area contributed by atoms with Gasteiger partial charge in [-0.25, -0.2) is 0 Å². The average Bonchev–Trinajstić information content (AvgIpc) is 2.29. The third kappa shape index (κ3) is 1.87. The van der Waals surface area contributed by atoms with Gasteiger partial charge in [0.05, 0.1) is 6.10 Å². The molecule has 1 aromatic carbocycles. The maximum Gasteiger partial charge on any atom is 0.0793 e. The van der Waals surface area contributed by atoms with Gasteiger partial charge < -0.3 is 5.11 Å². The summed E-state index contributed by atoms with van der Waals surface area (Å²) in [6, 6.07) is 5.83. The van der Waals surface area contributed by atoms with Crippen LogP contribution in [0.3, 0.4) is 0 Å². The molecule has 0 aromatic heterocycles. The van der Waals surface area contributed by atoms with Crippen molar-refractivity contribution < 1.29 is 5.11 Å². The van der Waals surface area contributed by atoms with Crippen LogP contribution < -0.4 is 0 Å². The fourth-order valence-corrected chi connectivity index (χ4v) is 2.09. The van der Waals surface area contributed by atoms with Gasteiger partial charge in [-0.15, -0.1) is 0 Å². The zero-order valence-corrected chi connectivity index (χ0v) is 8.22. The van der Waals surface area contributed by atoms with Crippen molar-refractivity contribution in [1.29, 1.82) is 0 Å². The van der Waals surface area contributed by atoms with Crippen molar-refractivity contribution in [2.24, 2.45) is 0 Å². The van der Waals surface area contributed by atoms with Gasteiger partial charge in [0.1, 0.15) is 0 Å². The molecular formula is C11H13ClO. The zero-order chi connectivity index (χ0) is 9.26. The Balaban J connectivity index is 2.43. The molecular weight excluding hydrogens is 184 g/mol. The number of halogens is 1. The van der Waals surface area contributed by atoms with Crippen LogP contribution in [0.5, 0.6) is 0 Å². The third-order valence-electron chi connectivity index (χ3n) is 2.64. The highest BCUT2D eigenvalue weighted by molar-refractivity contribution is 6.30. The number of fused-ring (bicyclic) bond motifs is 1. The molecule has 0 fully saturated rings. The molecule has 0 bridgehead atoms. The summed E-state index contributed by atoms with van der Waals surface area (Å²) in [5.74, 6) is 0. The van der Waals surface area contributed by atoms with Crippen molar-refractivity contribution in [1.82, 2.24) is 0 Å². The maximum atomic E-state index is 9.81. The molecule has 0 saturated heterocycles. The number of hydrogen-bond donors (Lipinski definition) is 1. The van der Waals surface area contributed by atoms with E-state index in [1.165, 1.54) is 12.0 Å². The summed E-state index contributed by atoms with van der Waals surface area (Å²) in [6.07, 6.45) is 3.91. The van der Waals surface area contributed by atoms with Crippen molar-refractivity contribution >= 4 is 11.6 Å². The lowest BCUT2D eigenvalue weighted by molar-refractivity contribution is 0.166. The van der Waals surface area contributed by atoms with Crippen molar-refractivity contribution in [3.63, 3.8) is 0 Å². The molecule has 0 radical (unpaired) electrons. The van der Waals surface area contributed by atoms with E-state index in [0.717, 1.165) is 29.8 Å². The second-order valence-electron chi connectivity index (χ2n) is 3.60. The Hall–Kier alpha value is -0.530. The van der Waals surface area contributed by atoms with Crippen LogP contribution in [-0.2, 0) is 6.42 Å². The summed E-state index contributed by atoms with van der Waals surface area (Å²) >= 11 is 5.88. The molecule has 0 heterocycles. The van der Waals surface area contributed by atoms with Crippen LogP contribution in [0.4, 0.5) is 0 Å². The lowest BCUT2D eigenvalue weighted by Crippen LogP contribution is -1.98. The molecule has 1 nitrogen and oxygen atoms in total. The lowest BCUT2D eigenvalue weighted by Gasteiger charge is -2.11. The molecule has 1 atom stereocenters. The smallest absolute Gasteiger partial charge is 0.0793 e. The highest BCUT2D eigenvalue weighted by atomic mass is 35.5. The average molecular weight is 197 g/mol. The van der Waals surface area contributed by atoms with E-state index in [9.17, 15) is 5.11 Å². The highest BCUT2D eigenvalue weighted by Crippen LogP contribution is 2.30. The number of aryl methyl sites for hydroxylation is 1. The number of aliphatic hydroxyl groups is 1. The largest absolute Gasteiger partial charge is 0.388 e. The predicted molar refractivity (Wildman–Crippen MR) is 54.0 cm³/mol. The molecule has 0 saturated carbocycles. The SMILES string of the molecule is O[C@@H]1CCCCc2ccc(Cl)cc21. The fourth-order valence-electron chi connectivity index (χ4n) is 1.91. The van der Waals surface area contributed by atoms with Crippen molar-refractivity contribution in [3.8, 4) is 0 Å². The quantitative estimate of drug-likeness (QED) is 0.633. The monoisotopic (exact) mass is 196 g/mol. The van der Waals surface area contributed by atoms with Crippen LogP contribution in [-0.4, -0.2) is 5.11 Å². The minimum Gasteiger partial charge on any atom is -0.388 e. The first-order valence-electron chi connectivity index (χ1n) is 4.74. The second kappa shape index (κ2) is 3.69. The van der Waals surface area contributed by atoms with Crippen molar-refractivity contribution in [2.45, 2.75) is 31.8 Å². The second-order valence-corrected chi connectivity index (χ2v) is 4.04. The van der Waals surface area contributed by atoms with E-state index < -0.39 is 0 Å². The Labute approximate surface area is 83.3 Å². The first kappa shape index (κ1) is 9.04. The Morgan fingerprint density at radius 2 is 2.15 bits per heavy atom. The van der Waals surface area contributed by atoms with Crippen LogP contribution >= 0.6 is 11.6 Å². The summed E-state index contributed by atoms with van der Waals surface area (Å²) in [7, 11) is 0. The van der Waals surface area contributed by atoms with E-state index in [2.05, 4.69) is 0 Å². The molecule has 1 aromatic rings. The summed E-state index contributed by atoms with van der Waals surface area (Å²) in [6.45, 7) is 0. The van der Waals surface area contributed by atoms with E-state index in [-0.39, 0.29) is 6.10 Å². The fraction of sp³-hybridized carbons (Fsp3) is 0.455. The molecule has 1 aliphatic rings. The number of hydrogen-bond acceptors (Lipinski definition) is 1. The molecule has 1 aliphatic carbocycles. The summed E-state index contributed by atoms with van der Waals surface area (Å²) in [4.78, 5) is 0. The van der Waals surface area contributed by atoms with Gasteiger partial charge in [-0.2, -0.15) is 0 Å². The van der Waals surface area contributed by atoms with E-state index in [4.69, 9.17) is 11.6 Å². The topological polar surface area (TPSA) is 20.2 Å². The molecule has 0 amide bonds. The maximum absolute atomic E-state index is 9.81. The molecule has 0 unspecified atom stereocenters. The Morgan fingerprint density at radius 1 is 1.31 bits per heavy atom. The number of benzene rings is 1. The van der Waals surface area contributed by atoms with Crippen LogP contribution in [0.2, 0.25) is 5.02 Å². The molecule has 0 aliphatic heterocycles. The first-order chi connectivity index (χ1) is 6.27. The summed E-state index contributed by atoms with van der Waals surface area (Å²) < 4.78 is 0. The molecule has 70 valence electrons. The summed E-state index contributed by atoms with van der Waals surface area (Å²) in [5, 5.41) is 10.5. The van der Waals surface area contributed by atoms with Crippen LogP contribution in [0.25, 0.3) is 0 Å². The third-order valence-corrected chi connectivity index (χ3v) is 2.88. The Morgan fingerprint density at radius 3 is 3.00 bits per heavy atom. The Kier molecular flexibility index (Phi) is 2.56. The van der Waals surface area contributed by atoms with Gasteiger partial charge in [0, 0.05) is 5.02 Å². The van der Waals surface area contributed by atoms with Crippen molar-refractivity contribution in [2.75, 3.05) is 0 Å². The van der Waals surface area contributed by atoms with Gasteiger partial charge in [-0.1, -0.05) is 24.1 Å². The van der Waals surface area contributed by atoms with Gasteiger partial charge in [0.15, 0.2) is 0 Å². The number of rotatable bonds is 0. The highest BCUT2D eigenvalue weighted by Gasteiger charge is 2.15. The van der Waals surface area contributed by atoms with Gasteiger partial charge in [-0.3, -0.25) is 0 Å². The van der Waals surface area contributed by atoms with Crippen LogP contribution in [0, 0.1) is 0 Å². The molecule has 1 N–H and O–H groups in total. The lowest BCUT2D eigenvalue weighted by atomic mass is 10.0. The molecule has 13 heavy (non-hydrogen) atoms. The van der Waals surface area contributed by atoms with Gasteiger partial charge in [-0.05, 0) is 42.5 Å². The van der Waals surface area contributed by atoms with Gasteiger partial charge in [0.2, 0.25) is 0 Å². The standard InChI is InChI=1S/C11H13ClO/c12-9-6-5-8-3-1-2-4-11(13)10(8)7-9/h5-7,11,13H,1-4H2/t11-/m1/s1. The minimum atomic E-state index is -0.309. The van der Waals surface area contributed by atoms with E-state index in [1.54, 1.807) is 0 Å². The minimum absolute atomic E-state index is 0.309. The zero-order valence-electron chi connectivity index (χ0n) is 7.46. The first-order valence-corrected chi connectivity index (χ1v) is 5.11. The normalized spacial score (nSPS) is 22.2. The van der Waals surface area contributed by atoms with Gasteiger partial charge in [0.25, 0.3) is 0 Å². The number of aliphatic hydroxyl groups excluding tert-OH is 1. The van der Waals surface area contributed by atoms with E-state index in [0.29, 0.717) is 0 Å². The van der Waals surface area contributed by atoms with Gasteiger partial charge >= 0.3 is 0 Å². The molecule has 2 rings (SSSR count). The van der Waals surface area contributed by atoms with E-state index in [1.807, 2.05) is 18.2 Å². The van der Waals surface area contributed by atoms with Crippen LogP contribution in [0.1, 0.15) is 36.5 Å². The Bertz CT molecular complexity index is 309. The van der Waals surface area contributed by atoms with Crippen LogP contribution in [0.15, 0.2) is 18.2 Å². The predicted octanol–water partition coefficient (Wildman–Crippen LogP) is 3.10. The molecule has 0 spiro atoms. The summed E-state index contributed by atoms with van der Waals surface area (Å²) in [5.41, 5.74) is 2.29. The molecule has 2 heteroatoms. The van der Waals surface area contributed by atoms with E-state index >= 15 is 0 Å².